The monoisotopic (exact) mass is 334 g/mol. The quantitative estimate of drug-likeness (QED) is 0.447. The summed E-state index contributed by atoms with van der Waals surface area (Å²) < 4.78 is 9.72. The minimum absolute atomic E-state index is 0.0616. The van der Waals surface area contributed by atoms with Crippen LogP contribution in [0.1, 0.15) is 13.8 Å². The van der Waals surface area contributed by atoms with Gasteiger partial charge in [-0.05, 0) is 0 Å². The van der Waals surface area contributed by atoms with Gasteiger partial charge in [0.05, 0.1) is 0 Å². The predicted molar refractivity (Wildman–Crippen MR) is 43.0 cm³/mol. The number of carbonyl (C=O) groups is 1. The van der Waals surface area contributed by atoms with Crippen LogP contribution in [0.15, 0.2) is 11.8 Å². The Bertz CT molecular complexity index is 150. The number of hydrogen-bond donors (Lipinski definition) is 0. The second-order valence-corrected chi connectivity index (χ2v) is 11.6. The molecule has 0 heterocycles. The molecule has 0 bridgehead atoms. The number of rotatable bonds is 3. The van der Waals surface area contributed by atoms with Gasteiger partial charge >= 0.3 is 71.1 Å². The molecule has 0 aromatic rings. The van der Waals surface area contributed by atoms with Crippen LogP contribution in [-0.4, -0.2) is 28.9 Å². The van der Waals surface area contributed by atoms with Gasteiger partial charge < -0.3 is 0 Å². The van der Waals surface area contributed by atoms with Crippen LogP contribution < -0.4 is 0 Å². The minimum atomic E-state index is -1.70. The van der Waals surface area contributed by atoms with Gasteiger partial charge in [0, 0.05) is 0 Å². The Morgan fingerprint density at radius 3 is 2.20 bits per heavy atom. The third kappa shape index (κ3) is 6.26. The van der Waals surface area contributed by atoms with Gasteiger partial charge in [0.1, 0.15) is 0 Å². The summed E-state index contributed by atoms with van der Waals surface area (Å²) in [5.74, 6) is 0.843. The molecule has 0 aromatic heterocycles. The van der Waals surface area contributed by atoms with Crippen molar-refractivity contribution in [1.29, 1.82) is 0 Å². The molecule has 0 aromatic carbocycles. The second kappa shape index (κ2) is 4.87. The fourth-order valence-electron chi connectivity index (χ4n) is 0.692. The van der Waals surface area contributed by atoms with Crippen LogP contribution >= 0.6 is 0 Å². The fourth-order valence-corrected chi connectivity index (χ4v) is 3.85. The van der Waals surface area contributed by atoms with Gasteiger partial charge in [-0.3, -0.25) is 0 Å². The number of hydrogen-bond acceptors (Lipinski definition) is 2. The Labute approximate surface area is 71.0 Å². The molecule has 0 aliphatic heterocycles. The maximum atomic E-state index is 10.5. The Hall–Kier alpha value is 0.132. The average Bonchev–Trinajstić information content (AvgIpc) is 1.58. The molecule has 0 saturated heterocycles. The first-order valence-corrected chi connectivity index (χ1v) is 14.2. The van der Waals surface area contributed by atoms with Crippen LogP contribution in [0.4, 0.5) is 0 Å². The molecule has 2 nitrogen and oxygen atoms in total. The van der Waals surface area contributed by atoms with Crippen molar-refractivity contribution in [3.63, 3.8) is 0 Å². The third-order valence-corrected chi connectivity index (χ3v) is 4.11. The van der Waals surface area contributed by atoms with Crippen molar-refractivity contribution in [1.82, 2.24) is 0 Å². The zero-order valence-corrected chi connectivity index (χ0v) is 11.5. The molecule has 0 fully saturated rings. The Kier molecular flexibility index (Phi) is 4.94. The van der Waals surface area contributed by atoms with Gasteiger partial charge in [0.15, 0.2) is 0 Å². The molecule has 0 saturated carbocycles. The topological polar surface area (TPSA) is 26.3 Å². The van der Waals surface area contributed by atoms with Gasteiger partial charge in [-0.1, -0.05) is 0 Å². The first-order chi connectivity index (χ1) is 4.52. The van der Waals surface area contributed by atoms with Gasteiger partial charge in [-0.2, -0.15) is 0 Å². The predicted octanol–water partition coefficient (Wildman–Crippen LogP) is 1.75. The SMILES string of the molecule is CC(=O)/C=C(/C)[O][Tl]([CH3])[CH3]. The van der Waals surface area contributed by atoms with Crippen LogP contribution in [0.2, 0.25) is 8.97 Å². The van der Waals surface area contributed by atoms with E-state index >= 15 is 0 Å². The number of allylic oxidation sites excluding steroid dienone is 2. The van der Waals surface area contributed by atoms with E-state index in [0.29, 0.717) is 0 Å². The summed E-state index contributed by atoms with van der Waals surface area (Å²) >= 11 is -1.70. The van der Waals surface area contributed by atoms with Crippen LogP contribution in [0.5, 0.6) is 0 Å². The van der Waals surface area contributed by atoms with E-state index in [-0.39, 0.29) is 5.78 Å². The summed E-state index contributed by atoms with van der Waals surface area (Å²) in [5.41, 5.74) is 0. The van der Waals surface area contributed by atoms with Crippen LogP contribution in [0, 0.1) is 0 Å². The van der Waals surface area contributed by atoms with Crippen molar-refractivity contribution in [2.75, 3.05) is 0 Å². The molecule has 0 N–H and O–H groups in total. The zero-order chi connectivity index (χ0) is 8.15. The molecule has 0 rings (SSSR count). The molecule has 0 spiro atoms. The fraction of sp³-hybridized carbons (Fsp3) is 0.571. The molecule has 0 radical (unpaired) electrons. The molecule has 0 amide bonds. The Morgan fingerprint density at radius 2 is 1.90 bits per heavy atom. The van der Waals surface area contributed by atoms with E-state index < -0.39 is 23.2 Å². The molecular weight excluding hydrogens is 320 g/mol. The van der Waals surface area contributed by atoms with Crippen molar-refractivity contribution >= 4 is 28.9 Å². The summed E-state index contributed by atoms with van der Waals surface area (Å²) in [6.45, 7) is 3.37. The average molecular weight is 334 g/mol. The molecular formula is C7H13O2Tl. The van der Waals surface area contributed by atoms with Crippen molar-refractivity contribution in [3.8, 4) is 0 Å². The van der Waals surface area contributed by atoms with E-state index in [2.05, 4.69) is 8.97 Å². The first-order valence-electron chi connectivity index (χ1n) is 3.38. The van der Waals surface area contributed by atoms with Crippen molar-refractivity contribution in [2.24, 2.45) is 0 Å². The van der Waals surface area contributed by atoms with Crippen molar-refractivity contribution < 1.29 is 7.48 Å². The molecule has 0 aliphatic carbocycles. The van der Waals surface area contributed by atoms with Crippen molar-refractivity contribution in [2.45, 2.75) is 22.8 Å². The van der Waals surface area contributed by atoms with Crippen LogP contribution in [-0.2, 0) is 7.48 Å². The van der Waals surface area contributed by atoms with Crippen LogP contribution in [0.25, 0.3) is 0 Å². The Morgan fingerprint density at radius 1 is 1.40 bits per heavy atom. The van der Waals surface area contributed by atoms with E-state index in [0.717, 1.165) is 5.76 Å². The molecule has 0 atom stereocenters. The van der Waals surface area contributed by atoms with Gasteiger partial charge in [-0.25, -0.2) is 0 Å². The maximum absolute atomic E-state index is 10.5. The molecule has 10 heavy (non-hydrogen) atoms. The second-order valence-electron chi connectivity index (χ2n) is 2.53. The summed E-state index contributed by atoms with van der Waals surface area (Å²) in [5, 5.41) is 0. The molecule has 3 heteroatoms. The van der Waals surface area contributed by atoms with E-state index in [1.165, 1.54) is 6.92 Å². The molecule has 0 unspecified atom stereocenters. The van der Waals surface area contributed by atoms with Gasteiger partial charge in [0.2, 0.25) is 0 Å². The summed E-state index contributed by atoms with van der Waals surface area (Å²) in [7, 11) is 0. The normalized spacial score (nSPS) is 11.0. The van der Waals surface area contributed by atoms with Gasteiger partial charge in [-0.15, -0.1) is 0 Å². The molecule has 56 valence electrons. The van der Waals surface area contributed by atoms with E-state index in [1.807, 2.05) is 6.92 Å². The van der Waals surface area contributed by atoms with Crippen molar-refractivity contribution in [3.05, 3.63) is 11.8 Å². The number of ketones is 1. The summed E-state index contributed by atoms with van der Waals surface area (Å²) in [4.78, 5) is 10.5. The Balaban J connectivity index is 3.83. The summed E-state index contributed by atoms with van der Waals surface area (Å²) in [6, 6.07) is 0. The molecule has 0 aliphatic rings. The number of carbonyl (C=O) groups excluding carboxylic acids is 1. The summed E-state index contributed by atoms with van der Waals surface area (Å²) in [6.07, 6.45) is 1.54. The third-order valence-electron chi connectivity index (χ3n) is 0.828. The van der Waals surface area contributed by atoms with Crippen LogP contribution in [0.3, 0.4) is 0 Å². The first kappa shape index (κ1) is 10.1. The van der Waals surface area contributed by atoms with E-state index in [1.54, 1.807) is 6.08 Å². The zero-order valence-electron chi connectivity index (χ0n) is 6.97. The van der Waals surface area contributed by atoms with E-state index in [9.17, 15) is 4.79 Å². The van der Waals surface area contributed by atoms with Gasteiger partial charge in [0.25, 0.3) is 0 Å². The van der Waals surface area contributed by atoms with E-state index in [4.69, 9.17) is 2.69 Å². The standard InChI is InChI=1S/C5H8O2.2CH3.Tl/c1-4(6)3-5(2)7;;;/h3,6H,1-2H3;2*1H3;/q;;;+1/p-1/b4-3-;;;.